The van der Waals surface area contributed by atoms with Crippen LogP contribution in [0, 0.1) is 17.3 Å². The molecule has 2 N–H and O–H groups in total. The summed E-state index contributed by atoms with van der Waals surface area (Å²) in [6.07, 6.45) is 3.90. The number of nitrogens with zero attached hydrogens (tertiary/aromatic N) is 1. The van der Waals surface area contributed by atoms with Crippen LogP contribution in [0.15, 0.2) is 29.3 Å². The fourth-order valence-electron chi connectivity index (χ4n) is 5.08. The van der Waals surface area contributed by atoms with Gasteiger partial charge in [0, 0.05) is 37.1 Å². The van der Waals surface area contributed by atoms with Crippen molar-refractivity contribution in [1.82, 2.24) is 10.6 Å². The van der Waals surface area contributed by atoms with Gasteiger partial charge in [0.2, 0.25) is 0 Å². The number of guanidine groups is 1. The maximum absolute atomic E-state index is 5.92. The summed E-state index contributed by atoms with van der Waals surface area (Å²) in [5, 5.41) is 7.16. The average Bonchev–Trinajstić information content (AvgIpc) is 3.22. The molecule has 2 fully saturated rings. The lowest BCUT2D eigenvalue weighted by Crippen LogP contribution is -2.68. The first-order valence-corrected chi connectivity index (χ1v) is 9.83. The van der Waals surface area contributed by atoms with Crippen molar-refractivity contribution in [2.75, 3.05) is 19.7 Å². The van der Waals surface area contributed by atoms with Crippen LogP contribution in [0.3, 0.4) is 0 Å². The second-order valence-electron chi connectivity index (χ2n) is 8.45. The molecule has 4 nitrogen and oxygen atoms in total. The number of rotatable bonds is 4. The third kappa shape index (κ3) is 3.61. The van der Waals surface area contributed by atoms with Crippen LogP contribution in [0.2, 0.25) is 0 Å². The monoisotopic (exact) mass is 469 g/mol. The number of ether oxygens (including phenoxy) is 1. The highest BCUT2D eigenvalue weighted by Gasteiger charge is 2.59. The van der Waals surface area contributed by atoms with E-state index in [0.717, 1.165) is 38.5 Å². The molecule has 1 saturated carbocycles. The summed E-state index contributed by atoms with van der Waals surface area (Å²) >= 11 is 0. The van der Waals surface area contributed by atoms with Crippen molar-refractivity contribution in [2.45, 2.75) is 52.2 Å². The van der Waals surface area contributed by atoms with Gasteiger partial charge >= 0.3 is 0 Å². The van der Waals surface area contributed by atoms with Crippen LogP contribution in [0.5, 0.6) is 0 Å². The van der Waals surface area contributed by atoms with Crippen LogP contribution in [-0.2, 0) is 17.6 Å². The maximum atomic E-state index is 5.92. The molecule has 0 amide bonds. The molecule has 144 valence electrons. The number of halogens is 1. The van der Waals surface area contributed by atoms with E-state index in [-0.39, 0.29) is 29.4 Å². The van der Waals surface area contributed by atoms with Crippen LogP contribution in [0.25, 0.3) is 0 Å². The Morgan fingerprint density at radius 1 is 1.23 bits per heavy atom. The van der Waals surface area contributed by atoms with Crippen LogP contribution in [0.1, 0.15) is 38.3 Å². The topological polar surface area (TPSA) is 45.7 Å². The Morgan fingerprint density at radius 2 is 1.92 bits per heavy atom. The molecule has 1 saturated heterocycles. The van der Waals surface area contributed by atoms with Gasteiger partial charge < -0.3 is 15.4 Å². The average molecular weight is 469 g/mol. The van der Waals surface area contributed by atoms with Crippen LogP contribution >= 0.6 is 24.0 Å². The van der Waals surface area contributed by atoms with Crippen molar-refractivity contribution in [3.63, 3.8) is 0 Å². The summed E-state index contributed by atoms with van der Waals surface area (Å²) in [4.78, 5) is 4.93. The normalized spacial score (nSPS) is 29.3. The Morgan fingerprint density at radius 3 is 2.58 bits per heavy atom. The fraction of sp³-hybridized carbons (Fsp3) is 0.667. The molecule has 1 aromatic carbocycles. The fourth-order valence-corrected chi connectivity index (χ4v) is 5.08. The van der Waals surface area contributed by atoms with Crippen molar-refractivity contribution in [3.8, 4) is 0 Å². The third-order valence-electron chi connectivity index (χ3n) is 6.38. The minimum Gasteiger partial charge on any atom is -0.377 e. The molecule has 1 heterocycles. The summed E-state index contributed by atoms with van der Waals surface area (Å²) in [5.74, 6) is 2.24. The molecule has 5 heteroatoms. The summed E-state index contributed by atoms with van der Waals surface area (Å²) in [6.45, 7) is 9.46. The summed E-state index contributed by atoms with van der Waals surface area (Å²) in [7, 11) is 0. The quantitative estimate of drug-likeness (QED) is 0.404. The van der Waals surface area contributed by atoms with Crippen molar-refractivity contribution < 1.29 is 4.74 Å². The van der Waals surface area contributed by atoms with Gasteiger partial charge in [-0.15, -0.1) is 24.0 Å². The number of hydrogen-bond donors (Lipinski definition) is 2. The highest BCUT2D eigenvalue weighted by Crippen LogP contribution is 2.52. The van der Waals surface area contributed by atoms with Gasteiger partial charge in [0.1, 0.15) is 0 Å². The molecule has 0 bridgehead atoms. The second kappa shape index (κ2) is 8.05. The van der Waals surface area contributed by atoms with Gasteiger partial charge in [-0.3, -0.25) is 4.99 Å². The SMILES string of the molecule is CCNC(=NCC1Cc2ccccc2C1)NC1C2CCOC2C1(C)C.I. The van der Waals surface area contributed by atoms with E-state index in [1.54, 1.807) is 0 Å². The summed E-state index contributed by atoms with van der Waals surface area (Å²) in [5.41, 5.74) is 3.19. The number of aliphatic imine (C=N–C) groups is 1. The van der Waals surface area contributed by atoms with Gasteiger partial charge in [0.25, 0.3) is 0 Å². The number of nitrogens with one attached hydrogen (secondary N) is 2. The minimum absolute atomic E-state index is 0. The van der Waals surface area contributed by atoms with Crippen molar-refractivity contribution in [3.05, 3.63) is 35.4 Å². The smallest absolute Gasteiger partial charge is 0.191 e. The van der Waals surface area contributed by atoms with Gasteiger partial charge in [0.15, 0.2) is 5.96 Å². The molecule has 1 aromatic rings. The van der Waals surface area contributed by atoms with Gasteiger partial charge in [-0.1, -0.05) is 38.1 Å². The number of fused-ring (bicyclic) bond motifs is 2. The van der Waals surface area contributed by atoms with E-state index in [1.807, 2.05) is 0 Å². The molecule has 0 radical (unpaired) electrons. The first-order valence-electron chi connectivity index (χ1n) is 9.83. The number of hydrogen-bond acceptors (Lipinski definition) is 2. The van der Waals surface area contributed by atoms with Gasteiger partial charge in [-0.25, -0.2) is 0 Å². The summed E-state index contributed by atoms with van der Waals surface area (Å²) < 4.78 is 5.92. The largest absolute Gasteiger partial charge is 0.377 e. The predicted molar refractivity (Wildman–Crippen MR) is 117 cm³/mol. The molecular formula is C21H32IN3O. The first-order chi connectivity index (χ1) is 12.1. The second-order valence-corrected chi connectivity index (χ2v) is 8.45. The molecule has 3 atom stereocenters. The van der Waals surface area contributed by atoms with Crippen molar-refractivity contribution >= 4 is 29.9 Å². The maximum Gasteiger partial charge on any atom is 0.191 e. The highest BCUT2D eigenvalue weighted by atomic mass is 127. The zero-order valence-electron chi connectivity index (χ0n) is 16.1. The molecule has 2 aliphatic carbocycles. The lowest BCUT2D eigenvalue weighted by molar-refractivity contribution is -0.106. The van der Waals surface area contributed by atoms with E-state index in [2.05, 4.69) is 55.7 Å². The van der Waals surface area contributed by atoms with Crippen LogP contribution in [0.4, 0.5) is 0 Å². The van der Waals surface area contributed by atoms with Gasteiger partial charge in [-0.05, 0) is 43.2 Å². The first kappa shape index (κ1) is 19.9. The standard InChI is InChI=1S/C21H31N3O.HI/c1-4-22-20(24-18-17-9-10-25-19(17)21(18,2)3)23-13-14-11-15-7-5-6-8-16(15)12-14;/h5-8,14,17-19H,4,9-13H2,1-3H3,(H2,22,23,24);1H. The van der Waals surface area contributed by atoms with Gasteiger partial charge in [0.05, 0.1) is 6.10 Å². The predicted octanol–water partition coefficient (Wildman–Crippen LogP) is 3.39. The Balaban J connectivity index is 0.00000196. The Kier molecular flexibility index (Phi) is 6.17. The summed E-state index contributed by atoms with van der Waals surface area (Å²) in [6, 6.07) is 9.28. The van der Waals surface area contributed by atoms with E-state index < -0.39 is 0 Å². The van der Waals surface area contributed by atoms with E-state index in [0.29, 0.717) is 24.0 Å². The highest BCUT2D eigenvalue weighted by molar-refractivity contribution is 14.0. The molecule has 4 rings (SSSR count). The molecule has 3 aliphatic rings. The van der Waals surface area contributed by atoms with E-state index >= 15 is 0 Å². The third-order valence-corrected chi connectivity index (χ3v) is 6.38. The Hall–Kier alpha value is -0.820. The minimum atomic E-state index is 0. The van der Waals surface area contributed by atoms with Gasteiger partial charge in [-0.2, -0.15) is 0 Å². The Bertz CT molecular complexity index is 635. The molecule has 26 heavy (non-hydrogen) atoms. The molecule has 0 aromatic heterocycles. The molecule has 1 aliphatic heterocycles. The van der Waals surface area contributed by atoms with Crippen molar-refractivity contribution in [2.24, 2.45) is 22.2 Å². The van der Waals surface area contributed by atoms with E-state index in [4.69, 9.17) is 9.73 Å². The molecular weight excluding hydrogens is 437 g/mol. The lowest BCUT2D eigenvalue weighted by Gasteiger charge is -2.54. The molecule has 3 unspecified atom stereocenters. The van der Waals surface area contributed by atoms with Crippen LogP contribution < -0.4 is 10.6 Å². The lowest BCUT2D eigenvalue weighted by atomic mass is 9.57. The van der Waals surface area contributed by atoms with Crippen molar-refractivity contribution in [1.29, 1.82) is 0 Å². The Labute approximate surface area is 174 Å². The zero-order valence-corrected chi connectivity index (χ0v) is 18.5. The van der Waals surface area contributed by atoms with E-state index in [1.165, 1.54) is 17.5 Å². The zero-order chi connectivity index (χ0) is 17.4. The van der Waals surface area contributed by atoms with E-state index in [9.17, 15) is 0 Å². The number of benzene rings is 1. The molecule has 0 spiro atoms. The van der Waals surface area contributed by atoms with Crippen LogP contribution in [-0.4, -0.2) is 37.8 Å².